The number of ether oxygens (including phenoxy) is 1. The Morgan fingerprint density at radius 1 is 0.686 bits per heavy atom. The van der Waals surface area contributed by atoms with Crippen LogP contribution in [0.15, 0.2) is 102 Å². The van der Waals surface area contributed by atoms with Crippen molar-refractivity contribution in [1.29, 1.82) is 0 Å². The molecule has 264 valence electrons. The first-order valence-corrected chi connectivity index (χ1v) is 19.4. The molecule has 0 amide bonds. The van der Waals surface area contributed by atoms with Crippen LogP contribution in [-0.2, 0) is 27.4 Å². The SMILES string of the molecule is C.CCOC(=O)CSc1nnc(Br)n1Cc1ccc(Br)c2ccccc12.O=C(O)CSc1nnc(Br)n1Cc1ccc(Br)c2ccccc12.[Na+].[OH-]. The number of esters is 1. The molecule has 2 aromatic heterocycles. The van der Waals surface area contributed by atoms with Crippen LogP contribution in [0.1, 0.15) is 25.5 Å². The number of halogens is 4. The smallest absolute Gasteiger partial charge is 0.870 e. The third kappa shape index (κ3) is 11.8. The molecular formula is C33H31Br4N6NaO5S2. The Hall–Kier alpha value is -1.80. The number of nitrogens with zero attached hydrogens (tertiary/aromatic N) is 6. The summed E-state index contributed by atoms with van der Waals surface area (Å²) in [5.74, 6) is -0.978. The third-order valence-corrected chi connectivity index (χ3v) is 11.3. The van der Waals surface area contributed by atoms with Crippen molar-refractivity contribution in [3.05, 3.63) is 102 Å². The van der Waals surface area contributed by atoms with Crippen LogP contribution in [-0.4, -0.2) is 70.2 Å². The van der Waals surface area contributed by atoms with Crippen molar-refractivity contribution in [2.75, 3.05) is 18.1 Å². The van der Waals surface area contributed by atoms with E-state index in [2.05, 4.69) is 114 Å². The second-order valence-electron chi connectivity index (χ2n) is 9.96. The van der Waals surface area contributed by atoms with E-state index in [-0.39, 0.29) is 59.9 Å². The molecule has 0 atom stereocenters. The number of carbonyl (C=O) groups is 2. The molecule has 51 heavy (non-hydrogen) atoms. The van der Waals surface area contributed by atoms with E-state index < -0.39 is 5.97 Å². The average Bonchev–Trinajstić information content (AvgIpc) is 3.62. The molecule has 0 radical (unpaired) electrons. The maximum atomic E-state index is 11.6. The van der Waals surface area contributed by atoms with E-state index in [1.54, 1.807) is 6.92 Å². The fourth-order valence-electron chi connectivity index (χ4n) is 4.74. The van der Waals surface area contributed by atoms with Crippen LogP contribution in [0, 0.1) is 0 Å². The van der Waals surface area contributed by atoms with Gasteiger partial charge in [-0.15, -0.1) is 20.4 Å². The van der Waals surface area contributed by atoms with Crippen molar-refractivity contribution in [1.82, 2.24) is 29.5 Å². The summed E-state index contributed by atoms with van der Waals surface area (Å²) in [6.45, 7) is 3.33. The van der Waals surface area contributed by atoms with Gasteiger partial charge in [-0.1, -0.05) is 123 Å². The summed E-state index contributed by atoms with van der Waals surface area (Å²) in [5.41, 5.74) is 2.26. The molecule has 0 saturated carbocycles. The topological polar surface area (TPSA) is 155 Å². The van der Waals surface area contributed by atoms with Crippen LogP contribution in [0.5, 0.6) is 0 Å². The molecule has 0 bridgehead atoms. The van der Waals surface area contributed by atoms with Crippen LogP contribution < -0.4 is 29.6 Å². The molecule has 2 N–H and O–H groups in total. The van der Waals surface area contributed by atoms with Crippen molar-refractivity contribution in [2.24, 2.45) is 0 Å². The summed E-state index contributed by atoms with van der Waals surface area (Å²) in [4.78, 5) is 22.4. The zero-order chi connectivity index (χ0) is 34.2. The largest absolute Gasteiger partial charge is 1.00 e. The Labute approximate surface area is 359 Å². The Morgan fingerprint density at radius 3 is 1.51 bits per heavy atom. The van der Waals surface area contributed by atoms with E-state index in [0.717, 1.165) is 48.0 Å². The molecule has 0 aliphatic carbocycles. The van der Waals surface area contributed by atoms with Crippen LogP contribution >= 0.6 is 87.2 Å². The zero-order valence-electron chi connectivity index (χ0n) is 26.6. The summed E-state index contributed by atoms with van der Waals surface area (Å²) >= 11 is 16.5. The molecule has 0 spiro atoms. The second-order valence-corrected chi connectivity index (χ2v) is 15.0. The normalized spacial score (nSPS) is 10.4. The van der Waals surface area contributed by atoms with Gasteiger partial charge in [0.25, 0.3) is 0 Å². The first kappa shape index (κ1) is 45.4. The molecule has 6 rings (SSSR count). The van der Waals surface area contributed by atoms with Gasteiger partial charge in [-0.2, -0.15) is 0 Å². The quantitative estimate of drug-likeness (QED) is 0.0884. The summed E-state index contributed by atoms with van der Waals surface area (Å²) < 4.78 is 12.1. The predicted molar refractivity (Wildman–Crippen MR) is 211 cm³/mol. The van der Waals surface area contributed by atoms with Crippen molar-refractivity contribution in [2.45, 2.75) is 37.8 Å². The number of fused-ring (bicyclic) bond motifs is 2. The van der Waals surface area contributed by atoms with E-state index in [4.69, 9.17) is 9.84 Å². The molecule has 0 saturated heterocycles. The third-order valence-electron chi connectivity index (χ3n) is 6.87. The van der Waals surface area contributed by atoms with Gasteiger partial charge in [0.1, 0.15) is 0 Å². The van der Waals surface area contributed by atoms with Crippen molar-refractivity contribution < 1.29 is 54.5 Å². The fraction of sp³-hybridized carbons (Fsp3) is 0.212. The van der Waals surface area contributed by atoms with E-state index in [1.807, 2.05) is 51.6 Å². The van der Waals surface area contributed by atoms with Gasteiger partial charge in [0.2, 0.25) is 9.47 Å². The molecule has 0 unspecified atom stereocenters. The van der Waals surface area contributed by atoms with Gasteiger partial charge in [-0.05, 0) is 83.6 Å². The number of carboxylic acid groups (broad SMARTS) is 1. The summed E-state index contributed by atoms with van der Waals surface area (Å²) in [6.07, 6.45) is 0. The molecule has 4 aromatic carbocycles. The van der Waals surface area contributed by atoms with Gasteiger partial charge in [0.05, 0.1) is 31.2 Å². The zero-order valence-corrected chi connectivity index (χ0v) is 36.6. The van der Waals surface area contributed by atoms with Crippen molar-refractivity contribution in [3.8, 4) is 0 Å². The number of rotatable bonds is 11. The first-order chi connectivity index (χ1) is 23.2. The molecule has 11 nitrogen and oxygen atoms in total. The van der Waals surface area contributed by atoms with Crippen LogP contribution in [0.25, 0.3) is 21.5 Å². The molecule has 0 fully saturated rings. The number of carboxylic acids is 1. The van der Waals surface area contributed by atoms with Gasteiger partial charge in [0, 0.05) is 8.95 Å². The van der Waals surface area contributed by atoms with Crippen LogP contribution in [0.4, 0.5) is 0 Å². The number of carbonyl (C=O) groups excluding carboxylic acids is 1. The molecule has 0 aliphatic rings. The van der Waals surface area contributed by atoms with Gasteiger partial charge in [-0.3, -0.25) is 18.7 Å². The standard InChI is InChI=1S/C17H15Br2N3O2S.C15H11Br2N3O2S.CH4.Na.H2O/c1-2-24-15(23)10-25-17-21-20-16(19)22(17)9-11-7-8-14(18)13-6-4-3-5-12(11)13;16-12-6-5-9(10-3-1-2-4-11(10)12)7-20-14(17)18-19-15(20)23-8-13(21)22;;;/h3-8H,2,9-10H2,1H3;1-6H,7-8H2,(H,21,22);1H4;;1H2/q;;;+1;/p-1. The second kappa shape index (κ2) is 21.8. The van der Waals surface area contributed by atoms with Crippen molar-refractivity contribution in [3.63, 3.8) is 0 Å². The number of aliphatic carboxylic acids is 1. The molecule has 18 heteroatoms. The minimum absolute atomic E-state index is 0. The Balaban J connectivity index is 0.000000335. The molecular weight excluding hydrogens is 967 g/mol. The van der Waals surface area contributed by atoms with E-state index in [0.29, 0.717) is 39.5 Å². The first-order valence-electron chi connectivity index (χ1n) is 14.3. The van der Waals surface area contributed by atoms with Gasteiger partial charge >= 0.3 is 41.5 Å². The minimum Gasteiger partial charge on any atom is -0.870 e. The molecule has 2 heterocycles. The number of hydrogen-bond donors (Lipinski definition) is 1. The summed E-state index contributed by atoms with van der Waals surface area (Å²) in [7, 11) is 0. The maximum Gasteiger partial charge on any atom is 1.00 e. The fourth-order valence-corrected chi connectivity index (χ4v) is 8.07. The van der Waals surface area contributed by atoms with Gasteiger partial charge in [-0.25, -0.2) is 0 Å². The average molecular weight is 998 g/mol. The van der Waals surface area contributed by atoms with Crippen molar-refractivity contribution >= 4 is 121 Å². The Morgan fingerprint density at radius 2 is 1.10 bits per heavy atom. The predicted octanol–water partition coefficient (Wildman–Crippen LogP) is 6.30. The van der Waals surface area contributed by atoms with Crippen LogP contribution in [0.3, 0.4) is 0 Å². The minimum atomic E-state index is -0.880. The van der Waals surface area contributed by atoms with E-state index >= 15 is 0 Å². The number of aromatic nitrogens is 6. The molecule has 6 aromatic rings. The van der Waals surface area contributed by atoms with E-state index in [9.17, 15) is 9.59 Å². The van der Waals surface area contributed by atoms with Crippen LogP contribution in [0.2, 0.25) is 0 Å². The number of hydrogen-bond acceptors (Lipinski definition) is 10. The summed E-state index contributed by atoms with van der Waals surface area (Å²) in [6, 6.07) is 24.5. The Kier molecular flexibility index (Phi) is 19.4. The van der Waals surface area contributed by atoms with Gasteiger partial charge < -0.3 is 15.3 Å². The maximum absolute atomic E-state index is 11.6. The van der Waals surface area contributed by atoms with E-state index in [1.165, 1.54) is 17.1 Å². The monoisotopic (exact) mass is 994 g/mol. The number of thioether (sulfide) groups is 2. The number of benzene rings is 4. The van der Waals surface area contributed by atoms with Gasteiger partial charge in [0.15, 0.2) is 10.3 Å². The summed E-state index contributed by atoms with van der Waals surface area (Å²) in [5, 5.41) is 30.9. The molecule has 0 aliphatic heterocycles. The Bertz CT molecular complexity index is 2100.